The van der Waals surface area contributed by atoms with Crippen molar-refractivity contribution in [1.29, 1.82) is 0 Å². The maximum atomic E-state index is 13.1. The molecule has 0 saturated carbocycles. The molecule has 21 heavy (non-hydrogen) atoms. The number of piperidine rings is 1. The molecule has 0 unspecified atom stereocenters. The van der Waals surface area contributed by atoms with E-state index in [1.807, 2.05) is 0 Å². The van der Waals surface area contributed by atoms with Crippen molar-refractivity contribution < 1.29 is 9.18 Å². The van der Waals surface area contributed by atoms with Crippen LogP contribution in [0.1, 0.15) is 29.6 Å². The van der Waals surface area contributed by atoms with Gasteiger partial charge in [0.05, 0.1) is 11.8 Å². The van der Waals surface area contributed by atoms with Crippen molar-refractivity contribution >= 4 is 28.2 Å². The van der Waals surface area contributed by atoms with Gasteiger partial charge in [-0.3, -0.25) is 9.78 Å². The van der Waals surface area contributed by atoms with Gasteiger partial charge in [0.25, 0.3) is 5.91 Å². The zero-order valence-electron chi connectivity index (χ0n) is 11.4. The van der Waals surface area contributed by atoms with Crippen molar-refractivity contribution in [3.63, 3.8) is 0 Å². The minimum atomic E-state index is -0.532. The maximum Gasteiger partial charge on any atom is 0.258 e. The molecule has 5 nitrogen and oxygen atoms in total. The van der Waals surface area contributed by atoms with E-state index < -0.39 is 11.7 Å². The van der Waals surface area contributed by atoms with Gasteiger partial charge in [0.15, 0.2) is 5.13 Å². The van der Waals surface area contributed by atoms with Crippen LogP contribution in [-0.2, 0) is 0 Å². The summed E-state index contributed by atoms with van der Waals surface area (Å²) in [7, 11) is 0. The fourth-order valence-corrected chi connectivity index (χ4v) is 3.09. The van der Waals surface area contributed by atoms with Crippen molar-refractivity contribution in [3.8, 4) is 0 Å². The zero-order valence-corrected chi connectivity index (χ0v) is 12.2. The highest BCUT2D eigenvalue weighted by atomic mass is 32.1. The first-order chi connectivity index (χ1) is 10.2. The highest BCUT2D eigenvalue weighted by Gasteiger charge is 2.15. The summed E-state index contributed by atoms with van der Waals surface area (Å²) in [5, 5.41) is 5.39. The van der Waals surface area contributed by atoms with E-state index in [9.17, 15) is 9.18 Å². The quantitative estimate of drug-likeness (QED) is 0.947. The molecular formula is C14H15FN4OS. The number of hydrogen-bond acceptors (Lipinski definition) is 5. The van der Waals surface area contributed by atoms with Gasteiger partial charge >= 0.3 is 0 Å². The largest absolute Gasteiger partial charge is 0.348 e. The molecule has 1 fully saturated rings. The summed E-state index contributed by atoms with van der Waals surface area (Å²) in [6.45, 7) is 2.02. The predicted molar refractivity (Wildman–Crippen MR) is 80.3 cm³/mol. The Hall–Kier alpha value is -2.02. The van der Waals surface area contributed by atoms with Crippen LogP contribution >= 0.6 is 11.3 Å². The Morgan fingerprint density at radius 3 is 2.86 bits per heavy atom. The lowest BCUT2D eigenvalue weighted by Crippen LogP contribution is -2.29. The lowest BCUT2D eigenvalue weighted by Gasteiger charge is -2.25. The topological polar surface area (TPSA) is 58.1 Å². The van der Waals surface area contributed by atoms with Gasteiger partial charge < -0.3 is 10.2 Å². The first kappa shape index (κ1) is 13.9. The monoisotopic (exact) mass is 306 g/mol. The van der Waals surface area contributed by atoms with Crippen LogP contribution in [0.2, 0.25) is 0 Å². The van der Waals surface area contributed by atoms with E-state index in [4.69, 9.17) is 0 Å². The highest BCUT2D eigenvalue weighted by molar-refractivity contribution is 7.14. The van der Waals surface area contributed by atoms with Crippen LogP contribution in [0.3, 0.4) is 0 Å². The molecule has 0 spiro atoms. The minimum Gasteiger partial charge on any atom is -0.348 e. The van der Waals surface area contributed by atoms with Gasteiger partial charge in [-0.15, -0.1) is 11.3 Å². The summed E-state index contributed by atoms with van der Waals surface area (Å²) in [5.74, 6) is -0.442. The van der Waals surface area contributed by atoms with E-state index in [1.165, 1.54) is 36.8 Å². The van der Waals surface area contributed by atoms with E-state index in [0.717, 1.165) is 30.5 Å². The van der Waals surface area contributed by atoms with Crippen LogP contribution in [0.5, 0.6) is 0 Å². The molecule has 1 saturated heterocycles. The second kappa shape index (κ2) is 6.17. The number of thiazole rings is 1. The summed E-state index contributed by atoms with van der Waals surface area (Å²) in [4.78, 5) is 22.3. The van der Waals surface area contributed by atoms with E-state index >= 15 is 0 Å². The molecule has 2 aromatic heterocycles. The van der Waals surface area contributed by atoms with E-state index in [0.29, 0.717) is 5.82 Å². The summed E-state index contributed by atoms with van der Waals surface area (Å²) in [6, 6.07) is 1.15. The number of carbonyl (C=O) groups excluding carboxylic acids is 1. The number of hydrogen-bond donors (Lipinski definition) is 1. The lowest BCUT2D eigenvalue weighted by atomic mass is 10.1. The molecule has 0 aromatic carbocycles. The summed E-state index contributed by atoms with van der Waals surface area (Å²) in [5.41, 5.74) is 0.183. The van der Waals surface area contributed by atoms with Crippen LogP contribution < -0.4 is 10.2 Å². The normalized spacial score (nSPS) is 15.0. The van der Waals surface area contributed by atoms with Crippen molar-refractivity contribution in [2.45, 2.75) is 19.3 Å². The van der Waals surface area contributed by atoms with Crippen LogP contribution in [0, 0.1) is 5.82 Å². The lowest BCUT2D eigenvalue weighted by molar-refractivity contribution is 0.102. The van der Waals surface area contributed by atoms with Gasteiger partial charge in [-0.25, -0.2) is 9.37 Å². The summed E-state index contributed by atoms with van der Waals surface area (Å²) >= 11 is 1.51. The van der Waals surface area contributed by atoms with Crippen LogP contribution in [0.15, 0.2) is 23.8 Å². The third-order valence-corrected chi connectivity index (χ3v) is 4.23. The number of rotatable bonds is 3. The first-order valence-electron chi connectivity index (χ1n) is 6.85. The number of amides is 1. The molecule has 3 rings (SSSR count). The van der Waals surface area contributed by atoms with Gasteiger partial charge in [-0.1, -0.05) is 0 Å². The summed E-state index contributed by atoms with van der Waals surface area (Å²) in [6.07, 6.45) is 6.01. The predicted octanol–water partition coefficient (Wildman–Crippen LogP) is 2.92. The summed E-state index contributed by atoms with van der Waals surface area (Å²) < 4.78 is 13.1. The Bertz CT molecular complexity index is 639. The van der Waals surface area contributed by atoms with Gasteiger partial charge in [0, 0.05) is 24.7 Å². The van der Waals surface area contributed by atoms with Crippen molar-refractivity contribution in [2.24, 2.45) is 0 Å². The molecular weight excluding hydrogens is 291 g/mol. The molecule has 2 aromatic rings. The van der Waals surface area contributed by atoms with Gasteiger partial charge in [0.2, 0.25) is 0 Å². The van der Waals surface area contributed by atoms with Gasteiger partial charge in [-0.2, -0.15) is 0 Å². The van der Waals surface area contributed by atoms with Crippen molar-refractivity contribution in [1.82, 2.24) is 9.97 Å². The SMILES string of the molecule is O=C(Nc1csc(N2CCCCC2)n1)c1cncc(F)c1. The molecule has 1 aliphatic heterocycles. The molecule has 7 heteroatoms. The van der Waals surface area contributed by atoms with E-state index in [2.05, 4.69) is 20.2 Å². The molecule has 0 radical (unpaired) electrons. The average Bonchev–Trinajstić information content (AvgIpc) is 2.97. The highest BCUT2D eigenvalue weighted by Crippen LogP contribution is 2.26. The fraction of sp³-hybridized carbons (Fsp3) is 0.357. The first-order valence-corrected chi connectivity index (χ1v) is 7.73. The van der Waals surface area contributed by atoms with E-state index in [1.54, 1.807) is 5.38 Å². The number of nitrogens with zero attached hydrogens (tertiary/aromatic N) is 3. The smallest absolute Gasteiger partial charge is 0.258 e. The second-order valence-corrected chi connectivity index (χ2v) is 5.75. The molecule has 1 N–H and O–H groups in total. The van der Waals surface area contributed by atoms with Crippen LogP contribution in [-0.4, -0.2) is 29.0 Å². The number of nitrogens with one attached hydrogen (secondary N) is 1. The fourth-order valence-electron chi connectivity index (χ4n) is 2.28. The van der Waals surface area contributed by atoms with Gasteiger partial charge in [-0.05, 0) is 25.3 Å². The number of aromatic nitrogens is 2. The molecule has 0 bridgehead atoms. The standard InChI is InChI=1S/C14H15FN4OS/c15-11-6-10(7-16-8-11)13(20)17-12-9-21-14(18-12)19-4-2-1-3-5-19/h6-9H,1-5H2,(H,17,20). The third kappa shape index (κ3) is 3.36. The molecule has 0 aliphatic carbocycles. The second-order valence-electron chi connectivity index (χ2n) is 4.91. The van der Waals surface area contributed by atoms with Crippen LogP contribution in [0.4, 0.5) is 15.3 Å². The van der Waals surface area contributed by atoms with Crippen molar-refractivity contribution in [3.05, 3.63) is 35.2 Å². The average molecular weight is 306 g/mol. The molecule has 1 amide bonds. The molecule has 1 aliphatic rings. The Kier molecular flexibility index (Phi) is 4.10. The third-order valence-electron chi connectivity index (χ3n) is 3.33. The number of pyridine rings is 1. The molecule has 3 heterocycles. The van der Waals surface area contributed by atoms with Gasteiger partial charge in [0.1, 0.15) is 11.6 Å². The van der Waals surface area contributed by atoms with Crippen LogP contribution in [0.25, 0.3) is 0 Å². The maximum absolute atomic E-state index is 13.1. The number of anilines is 2. The van der Waals surface area contributed by atoms with E-state index in [-0.39, 0.29) is 5.56 Å². The Balaban J connectivity index is 1.68. The molecule has 0 atom stereocenters. The number of carbonyl (C=O) groups is 1. The zero-order chi connectivity index (χ0) is 14.7. The Morgan fingerprint density at radius 2 is 2.10 bits per heavy atom. The molecule has 110 valence electrons. The Morgan fingerprint density at radius 1 is 1.29 bits per heavy atom. The Labute approximate surface area is 125 Å². The minimum absolute atomic E-state index is 0.183. The van der Waals surface area contributed by atoms with Crippen molar-refractivity contribution in [2.75, 3.05) is 23.3 Å². The number of halogens is 1.